The molecule has 9 heteroatoms. The molecule has 2 aromatic carbocycles. The van der Waals surface area contributed by atoms with Crippen LogP contribution in [-0.2, 0) is 21.3 Å². The third-order valence-corrected chi connectivity index (χ3v) is 7.55. The summed E-state index contributed by atoms with van der Waals surface area (Å²) in [5.74, 6) is 0.614. The van der Waals surface area contributed by atoms with Crippen molar-refractivity contribution >= 4 is 27.4 Å². The Hall–Kier alpha value is -3.43. The summed E-state index contributed by atoms with van der Waals surface area (Å²) < 4.78 is 32.9. The highest BCUT2D eigenvalue weighted by Crippen LogP contribution is 2.23. The van der Waals surface area contributed by atoms with Gasteiger partial charge in [0.1, 0.15) is 5.82 Å². The van der Waals surface area contributed by atoms with E-state index in [0.717, 1.165) is 24.5 Å². The van der Waals surface area contributed by atoms with Gasteiger partial charge < -0.3 is 15.0 Å². The van der Waals surface area contributed by atoms with Crippen molar-refractivity contribution in [1.29, 1.82) is 0 Å². The van der Waals surface area contributed by atoms with E-state index in [0.29, 0.717) is 37.6 Å². The monoisotopic (exact) mass is 480 g/mol. The number of morpholine rings is 1. The molecule has 0 unspecified atom stereocenters. The van der Waals surface area contributed by atoms with Crippen LogP contribution in [0.5, 0.6) is 0 Å². The smallest absolute Gasteiger partial charge is 0.264 e. The molecule has 8 nitrogen and oxygen atoms in total. The Labute approximate surface area is 200 Å². The maximum absolute atomic E-state index is 13.1. The summed E-state index contributed by atoms with van der Waals surface area (Å²) in [6.45, 7) is 5.44. The summed E-state index contributed by atoms with van der Waals surface area (Å²) in [5.41, 5.74) is 1.87. The van der Waals surface area contributed by atoms with Crippen molar-refractivity contribution in [1.82, 2.24) is 10.3 Å². The molecular weight excluding hydrogens is 452 g/mol. The van der Waals surface area contributed by atoms with Gasteiger partial charge in [0.25, 0.3) is 15.9 Å². The SMILES string of the molecule is CCN(c1ccccc1)S(=O)(=O)c1ccc(C(=O)NCc2ccc(N3CCOCC3)nc2)cc1. The lowest BCUT2D eigenvalue weighted by molar-refractivity contribution is 0.0950. The molecule has 1 N–H and O–H groups in total. The molecule has 34 heavy (non-hydrogen) atoms. The lowest BCUT2D eigenvalue weighted by atomic mass is 10.2. The Morgan fingerprint density at radius 3 is 2.35 bits per heavy atom. The fraction of sp³-hybridized carbons (Fsp3) is 0.280. The Morgan fingerprint density at radius 1 is 1.03 bits per heavy atom. The van der Waals surface area contributed by atoms with Gasteiger partial charge in [0, 0.05) is 37.9 Å². The highest BCUT2D eigenvalue weighted by molar-refractivity contribution is 7.92. The molecule has 4 rings (SSSR count). The second kappa shape index (κ2) is 10.7. The van der Waals surface area contributed by atoms with E-state index in [4.69, 9.17) is 4.74 Å². The molecule has 1 amide bonds. The number of benzene rings is 2. The topological polar surface area (TPSA) is 91.8 Å². The first-order valence-electron chi connectivity index (χ1n) is 11.2. The van der Waals surface area contributed by atoms with Crippen LogP contribution in [0.3, 0.4) is 0 Å². The Morgan fingerprint density at radius 2 is 1.74 bits per heavy atom. The van der Waals surface area contributed by atoms with E-state index in [2.05, 4.69) is 15.2 Å². The van der Waals surface area contributed by atoms with E-state index in [1.54, 1.807) is 37.4 Å². The fourth-order valence-electron chi connectivity index (χ4n) is 3.78. The van der Waals surface area contributed by atoms with Crippen molar-refractivity contribution in [3.63, 3.8) is 0 Å². The summed E-state index contributed by atoms with van der Waals surface area (Å²) >= 11 is 0. The highest BCUT2D eigenvalue weighted by Gasteiger charge is 2.23. The number of hydrogen-bond donors (Lipinski definition) is 1. The maximum atomic E-state index is 13.1. The molecule has 3 aromatic rings. The highest BCUT2D eigenvalue weighted by atomic mass is 32.2. The number of nitrogens with zero attached hydrogens (tertiary/aromatic N) is 3. The molecule has 0 saturated carbocycles. The maximum Gasteiger partial charge on any atom is 0.264 e. The Balaban J connectivity index is 1.38. The van der Waals surface area contributed by atoms with Gasteiger partial charge in [-0.15, -0.1) is 0 Å². The summed E-state index contributed by atoms with van der Waals surface area (Å²) in [5, 5.41) is 2.86. The van der Waals surface area contributed by atoms with Gasteiger partial charge >= 0.3 is 0 Å². The molecule has 1 saturated heterocycles. The van der Waals surface area contributed by atoms with Crippen molar-refractivity contribution in [3.8, 4) is 0 Å². The van der Waals surface area contributed by atoms with Gasteiger partial charge in [0.05, 0.1) is 23.8 Å². The van der Waals surface area contributed by atoms with E-state index in [1.165, 1.54) is 28.6 Å². The standard InChI is InChI=1S/C25H28N4O4S/c1-2-29(22-6-4-3-5-7-22)34(31,32)23-11-9-21(10-12-23)25(30)27-19-20-8-13-24(26-18-20)28-14-16-33-17-15-28/h3-13,18H,2,14-17,19H2,1H3,(H,27,30). The molecule has 0 atom stereocenters. The predicted octanol–water partition coefficient (Wildman–Crippen LogP) is 3.06. The van der Waals surface area contributed by atoms with E-state index in [-0.39, 0.29) is 10.8 Å². The third kappa shape index (κ3) is 5.37. The van der Waals surface area contributed by atoms with Gasteiger partial charge in [-0.25, -0.2) is 13.4 Å². The average Bonchev–Trinajstić information content (AvgIpc) is 2.89. The second-order valence-electron chi connectivity index (χ2n) is 7.84. The molecule has 0 radical (unpaired) electrons. The van der Waals surface area contributed by atoms with Crippen molar-refractivity contribution in [3.05, 3.63) is 84.1 Å². The molecule has 2 heterocycles. The number of aromatic nitrogens is 1. The minimum Gasteiger partial charge on any atom is -0.378 e. The first-order chi connectivity index (χ1) is 16.5. The number of pyridine rings is 1. The summed E-state index contributed by atoms with van der Waals surface area (Å²) in [7, 11) is -3.73. The lowest BCUT2D eigenvalue weighted by Crippen LogP contribution is -2.36. The van der Waals surface area contributed by atoms with Crippen LogP contribution in [0.2, 0.25) is 0 Å². The van der Waals surface area contributed by atoms with Crippen LogP contribution in [0.4, 0.5) is 11.5 Å². The van der Waals surface area contributed by atoms with Crippen molar-refractivity contribution < 1.29 is 17.9 Å². The number of para-hydroxylation sites is 1. The lowest BCUT2D eigenvalue weighted by Gasteiger charge is -2.27. The summed E-state index contributed by atoms with van der Waals surface area (Å²) in [4.78, 5) is 19.4. The Kier molecular flexibility index (Phi) is 7.44. The van der Waals surface area contributed by atoms with Gasteiger partial charge in [0.2, 0.25) is 0 Å². The number of carbonyl (C=O) groups is 1. The molecule has 1 fully saturated rings. The van der Waals surface area contributed by atoms with Crippen molar-refractivity contribution in [2.24, 2.45) is 0 Å². The van der Waals surface area contributed by atoms with E-state index >= 15 is 0 Å². The molecule has 0 spiro atoms. The largest absolute Gasteiger partial charge is 0.378 e. The van der Waals surface area contributed by atoms with Crippen LogP contribution in [0.25, 0.3) is 0 Å². The molecule has 178 valence electrons. The van der Waals surface area contributed by atoms with Crippen LogP contribution in [0, 0.1) is 0 Å². The zero-order valence-corrected chi connectivity index (χ0v) is 19.9. The van der Waals surface area contributed by atoms with Crippen molar-refractivity contribution in [2.75, 3.05) is 42.1 Å². The molecule has 1 aromatic heterocycles. The predicted molar refractivity (Wildman–Crippen MR) is 132 cm³/mol. The van der Waals surface area contributed by atoms with Gasteiger partial charge in [-0.3, -0.25) is 9.10 Å². The van der Waals surface area contributed by atoms with Crippen LogP contribution >= 0.6 is 0 Å². The second-order valence-corrected chi connectivity index (χ2v) is 9.70. The summed E-state index contributed by atoms with van der Waals surface area (Å²) in [6.07, 6.45) is 1.75. The van der Waals surface area contributed by atoms with Crippen molar-refractivity contribution in [2.45, 2.75) is 18.4 Å². The normalized spacial score (nSPS) is 14.0. The fourth-order valence-corrected chi connectivity index (χ4v) is 5.25. The molecule has 0 aliphatic carbocycles. The van der Waals surface area contributed by atoms with E-state index in [1.807, 2.05) is 18.2 Å². The third-order valence-electron chi connectivity index (χ3n) is 5.63. The quantitative estimate of drug-likeness (QED) is 0.533. The number of carbonyl (C=O) groups excluding carboxylic acids is 1. The zero-order chi connectivity index (χ0) is 24.0. The molecule has 0 bridgehead atoms. The average molecular weight is 481 g/mol. The van der Waals surface area contributed by atoms with Gasteiger partial charge in [-0.05, 0) is 55.0 Å². The number of rotatable bonds is 8. The number of nitrogens with one attached hydrogen (secondary N) is 1. The first kappa shape index (κ1) is 23.7. The number of sulfonamides is 1. The number of ether oxygens (including phenoxy) is 1. The zero-order valence-electron chi connectivity index (χ0n) is 19.1. The molecule has 1 aliphatic heterocycles. The van der Waals surface area contributed by atoms with Crippen LogP contribution in [0.1, 0.15) is 22.8 Å². The number of hydrogen-bond acceptors (Lipinski definition) is 6. The van der Waals surface area contributed by atoms with Gasteiger partial charge in [-0.1, -0.05) is 24.3 Å². The summed E-state index contributed by atoms with van der Waals surface area (Å²) in [6, 6.07) is 18.8. The number of anilines is 2. The van der Waals surface area contributed by atoms with Gasteiger partial charge in [0.15, 0.2) is 0 Å². The van der Waals surface area contributed by atoms with Crippen LogP contribution in [0.15, 0.2) is 77.8 Å². The van der Waals surface area contributed by atoms with Gasteiger partial charge in [-0.2, -0.15) is 0 Å². The minimum atomic E-state index is -3.73. The molecular formula is C25H28N4O4S. The van der Waals surface area contributed by atoms with E-state index in [9.17, 15) is 13.2 Å². The molecule has 1 aliphatic rings. The number of amides is 1. The van der Waals surface area contributed by atoms with Crippen LogP contribution < -0.4 is 14.5 Å². The minimum absolute atomic E-state index is 0.137. The first-order valence-corrected chi connectivity index (χ1v) is 12.7. The Bertz CT molecular complexity index is 1190. The van der Waals surface area contributed by atoms with Crippen LogP contribution in [-0.4, -0.2) is 52.2 Å². The van der Waals surface area contributed by atoms with E-state index < -0.39 is 10.0 Å².